The van der Waals surface area contributed by atoms with Gasteiger partial charge in [-0.3, -0.25) is 9.10 Å². The third-order valence-corrected chi connectivity index (χ3v) is 7.70. The first kappa shape index (κ1) is 22.8. The maximum atomic E-state index is 13.2. The molecule has 0 radical (unpaired) electrons. The molecule has 33 heavy (non-hydrogen) atoms. The number of carbonyl (C=O) groups is 1. The first-order valence-corrected chi connectivity index (χ1v) is 12.3. The van der Waals surface area contributed by atoms with Crippen molar-refractivity contribution in [2.75, 3.05) is 41.9 Å². The molecule has 1 heterocycles. The first-order chi connectivity index (χ1) is 15.9. The van der Waals surface area contributed by atoms with E-state index in [-0.39, 0.29) is 16.6 Å². The van der Waals surface area contributed by atoms with Gasteiger partial charge in [0.2, 0.25) is 0 Å². The van der Waals surface area contributed by atoms with E-state index in [1.165, 1.54) is 28.6 Å². The summed E-state index contributed by atoms with van der Waals surface area (Å²) in [6.45, 7) is 4.44. The van der Waals surface area contributed by atoms with E-state index in [1.54, 1.807) is 60.4 Å². The minimum atomic E-state index is -3.74. The highest BCUT2D eigenvalue weighted by molar-refractivity contribution is 7.92. The quantitative estimate of drug-likeness (QED) is 0.550. The van der Waals surface area contributed by atoms with Crippen molar-refractivity contribution in [2.45, 2.75) is 11.8 Å². The number of rotatable bonds is 6. The van der Waals surface area contributed by atoms with Gasteiger partial charge in [-0.15, -0.1) is 0 Å². The molecule has 1 amide bonds. The molecule has 4 rings (SSSR count). The molecule has 8 heteroatoms. The molecule has 1 saturated heterocycles. The molecule has 0 unspecified atom stereocenters. The van der Waals surface area contributed by atoms with Gasteiger partial charge in [0.25, 0.3) is 15.9 Å². The van der Waals surface area contributed by atoms with Gasteiger partial charge in [-0.05, 0) is 67.6 Å². The lowest BCUT2D eigenvalue weighted by Crippen LogP contribution is -2.48. The smallest absolute Gasteiger partial charge is 0.264 e. The molecule has 0 N–H and O–H groups in total. The topological polar surface area (TPSA) is 60.9 Å². The Balaban J connectivity index is 1.44. The van der Waals surface area contributed by atoms with Crippen LogP contribution < -0.4 is 9.21 Å². The van der Waals surface area contributed by atoms with Crippen molar-refractivity contribution in [1.82, 2.24) is 4.90 Å². The summed E-state index contributed by atoms with van der Waals surface area (Å²) in [5.41, 5.74) is 1.98. The fourth-order valence-corrected chi connectivity index (χ4v) is 5.46. The van der Waals surface area contributed by atoms with Gasteiger partial charge in [-0.25, -0.2) is 12.8 Å². The highest BCUT2D eigenvalue weighted by Crippen LogP contribution is 2.24. The predicted molar refractivity (Wildman–Crippen MR) is 128 cm³/mol. The van der Waals surface area contributed by atoms with Crippen LogP contribution in [0.3, 0.4) is 0 Å². The van der Waals surface area contributed by atoms with Crippen molar-refractivity contribution in [3.05, 3.63) is 90.2 Å². The van der Waals surface area contributed by atoms with Crippen LogP contribution >= 0.6 is 0 Å². The van der Waals surface area contributed by atoms with Crippen LogP contribution in [0.1, 0.15) is 17.3 Å². The Morgan fingerprint density at radius 1 is 0.879 bits per heavy atom. The highest BCUT2D eigenvalue weighted by Gasteiger charge is 2.25. The molecule has 0 atom stereocenters. The van der Waals surface area contributed by atoms with Crippen molar-refractivity contribution in [3.63, 3.8) is 0 Å². The number of anilines is 2. The predicted octanol–water partition coefficient (Wildman–Crippen LogP) is 4.00. The molecule has 1 aliphatic rings. The van der Waals surface area contributed by atoms with Crippen LogP contribution in [-0.2, 0) is 10.0 Å². The molecule has 1 aliphatic heterocycles. The zero-order valence-corrected chi connectivity index (χ0v) is 19.2. The number of nitrogens with zero attached hydrogens (tertiary/aromatic N) is 3. The van der Waals surface area contributed by atoms with Crippen LogP contribution in [0, 0.1) is 5.82 Å². The summed E-state index contributed by atoms with van der Waals surface area (Å²) in [5, 5.41) is 0. The highest BCUT2D eigenvalue weighted by atomic mass is 32.2. The second-order valence-electron chi connectivity index (χ2n) is 7.79. The van der Waals surface area contributed by atoms with E-state index in [4.69, 9.17) is 0 Å². The molecule has 0 saturated carbocycles. The fourth-order valence-electron chi connectivity index (χ4n) is 3.98. The summed E-state index contributed by atoms with van der Waals surface area (Å²) in [4.78, 5) is 17.0. The summed E-state index contributed by atoms with van der Waals surface area (Å²) in [6.07, 6.45) is 0. The van der Waals surface area contributed by atoms with E-state index < -0.39 is 10.0 Å². The lowest BCUT2D eigenvalue weighted by atomic mass is 10.1. The Labute approximate surface area is 193 Å². The number of piperazine rings is 1. The number of benzene rings is 3. The van der Waals surface area contributed by atoms with E-state index in [1.807, 2.05) is 6.07 Å². The number of amides is 1. The van der Waals surface area contributed by atoms with E-state index in [0.29, 0.717) is 44.0 Å². The normalized spacial score (nSPS) is 14.2. The Kier molecular flexibility index (Phi) is 6.65. The molecule has 0 aliphatic carbocycles. The van der Waals surface area contributed by atoms with Crippen LogP contribution in [0.25, 0.3) is 0 Å². The Morgan fingerprint density at radius 2 is 1.48 bits per heavy atom. The van der Waals surface area contributed by atoms with Crippen molar-refractivity contribution in [1.29, 1.82) is 0 Å². The number of halogens is 1. The van der Waals surface area contributed by atoms with Gasteiger partial charge in [0.15, 0.2) is 0 Å². The van der Waals surface area contributed by atoms with Crippen molar-refractivity contribution in [3.8, 4) is 0 Å². The Bertz CT molecular complexity index is 1190. The fraction of sp³-hybridized carbons (Fsp3) is 0.240. The van der Waals surface area contributed by atoms with Gasteiger partial charge < -0.3 is 9.80 Å². The van der Waals surface area contributed by atoms with Crippen molar-refractivity contribution >= 4 is 27.3 Å². The number of sulfonamides is 1. The third kappa shape index (κ3) is 4.85. The van der Waals surface area contributed by atoms with Gasteiger partial charge >= 0.3 is 0 Å². The monoisotopic (exact) mass is 467 g/mol. The van der Waals surface area contributed by atoms with Crippen molar-refractivity contribution < 1.29 is 17.6 Å². The molecule has 1 fully saturated rings. The van der Waals surface area contributed by atoms with E-state index in [0.717, 1.165) is 5.69 Å². The van der Waals surface area contributed by atoms with Gasteiger partial charge in [-0.2, -0.15) is 0 Å². The van der Waals surface area contributed by atoms with Crippen LogP contribution in [0.4, 0.5) is 15.8 Å². The van der Waals surface area contributed by atoms with Crippen LogP contribution in [-0.4, -0.2) is 51.9 Å². The van der Waals surface area contributed by atoms with Crippen LogP contribution in [0.5, 0.6) is 0 Å². The lowest BCUT2D eigenvalue weighted by Gasteiger charge is -2.36. The lowest BCUT2D eigenvalue weighted by molar-refractivity contribution is 0.0746. The molecule has 172 valence electrons. The summed E-state index contributed by atoms with van der Waals surface area (Å²) in [7, 11) is -3.74. The minimum Gasteiger partial charge on any atom is -0.368 e. The third-order valence-electron chi connectivity index (χ3n) is 5.78. The first-order valence-electron chi connectivity index (χ1n) is 10.9. The average molecular weight is 468 g/mol. The number of hydrogen-bond donors (Lipinski definition) is 0. The van der Waals surface area contributed by atoms with Crippen molar-refractivity contribution in [2.24, 2.45) is 0 Å². The average Bonchev–Trinajstić information content (AvgIpc) is 2.85. The molecule has 6 nitrogen and oxygen atoms in total. The van der Waals surface area contributed by atoms with Gasteiger partial charge in [0.05, 0.1) is 10.6 Å². The zero-order chi connectivity index (χ0) is 23.4. The largest absolute Gasteiger partial charge is 0.368 e. The standard InChI is InChI=1S/C25H26FN3O3S/c1-2-29(23-6-4-3-5-7-23)33(31,32)24-14-8-20(9-15-24)25(30)28-18-16-27(17-19-28)22-12-10-21(26)11-13-22/h3-15H,2,16-19H2,1H3. The van der Waals surface area contributed by atoms with E-state index >= 15 is 0 Å². The van der Waals surface area contributed by atoms with Gasteiger partial charge in [0, 0.05) is 44.0 Å². The SMILES string of the molecule is CCN(c1ccccc1)S(=O)(=O)c1ccc(C(=O)N2CCN(c3ccc(F)cc3)CC2)cc1. The molecule has 3 aromatic rings. The van der Waals surface area contributed by atoms with Crippen LogP contribution in [0.2, 0.25) is 0 Å². The Hall–Kier alpha value is -3.39. The molecule has 0 aromatic heterocycles. The summed E-state index contributed by atoms with van der Waals surface area (Å²) in [6, 6.07) is 21.4. The second kappa shape index (κ2) is 9.62. The maximum absolute atomic E-state index is 13.2. The molecule has 0 bridgehead atoms. The summed E-state index contributed by atoms with van der Waals surface area (Å²) >= 11 is 0. The molecular weight excluding hydrogens is 441 g/mol. The Morgan fingerprint density at radius 3 is 2.06 bits per heavy atom. The van der Waals surface area contributed by atoms with E-state index in [2.05, 4.69) is 4.90 Å². The van der Waals surface area contributed by atoms with Gasteiger partial charge in [-0.1, -0.05) is 18.2 Å². The summed E-state index contributed by atoms with van der Waals surface area (Å²) in [5.74, 6) is -0.406. The van der Waals surface area contributed by atoms with Crippen LogP contribution in [0.15, 0.2) is 83.8 Å². The zero-order valence-electron chi connectivity index (χ0n) is 18.4. The van der Waals surface area contributed by atoms with Gasteiger partial charge in [0.1, 0.15) is 5.82 Å². The van der Waals surface area contributed by atoms with E-state index in [9.17, 15) is 17.6 Å². The molecule has 0 spiro atoms. The number of hydrogen-bond acceptors (Lipinski definition) is 4. The maximum Gasteiger partial charge on any atom is 0.264 e. The minimum absolute atomic E-state index is 0.131. The number of carbonyl (C=O) groups excluding carboxylic acids is 1. The molecular formula is C25H26FN3O3S. The molecule has 3 aromatic carbocycles. The number of para-hydroxylation sites is 1. The second-order valence-corrected chi connectivity index (χ2v) is 9.65. The summed E-state index contributed by atoms with van der Waals surface area (Å²) < 4.78 is 40.8.